The largest absolute Gasteiger partial charge is 0.396 e. The molecule has 0 spiro atoms. The van der Waals surface area contributed by atoms with Crippen LogP contribution in [-0.2, 0) is 10.4 Å². The molecule has 0 rings (SSSR count). The highest BCUT2D eigenvalue weighted by molar-refractivity contribution is 7.79. The molecule has 0 amide bonds. The number of aliphatic hydroxyl groups excluding tert-OH is 1. The summed E-state index contributed by atoms with van der Waals surface area (Å²) in [6, 6.07) is 0.148. The molecule has 0 aliphatic heterocycles. The molecule has 7 heteroatoms. The minimum absolute atomic E-state index is 0.148. The summed E-state index contributed by atoms with van der Waals surface area (Å²) < 4.78 is 31.6. The van der Waals surface area contributed by atoms with Gasteiger partial charge >= 0.3 is 10.4 Å². The lowest BCUT2D eigenvalue weighted by molar-refractivity contribution is 0.279. The Labute approximate surface area is 65.6 Å². The minimum atomic E-state index is -4.67. The molecule has 5 N–H and O–H groups in total. The second-order valence-corrected chi connectivity index (χ2v) is 2.83. The van der Waals surface area contributed by atoms with Crippen molar-refractivity contribution in [2.45, 2.75) is 19.4 Å². The molecule has 0 aromatic carbocycles. The van der Waals surface area contributed by atoms with Crippen LogP contribution < -0.4 is 5.73 Å². The van der Waals surface area contributed by atoms with E-state index in [1.54, 1.807) is 0 Å². The molecule has 1 atom stereocenters. The van der Waals surface area contributed by atoms with Gasteiger partial charge in [0.05, 0.1) is 0 Å². The third-order valence-electron chi connectivity index (χ3n) is 0.584. The van der Waals surface area contributed by atoms with Crippen LogP contribution in [0.25, 0.3) is 0 Å². The molecule has 0 aromatic rings. The van der Waals surface area contributed by atoms with Gasteiger partial charge in [0.15, 0.2) is 0 Å². The summed E-state index contributed by atoms with van der Waals surface area (Å²) in [4.78, 5) is 0. The molecule has 0 aliphatic carbocycles. The number of hydrogen-bond donors (Lipinski definition) is 4. The van der Waals surface area contributed by atoms with Crippen LogP contribution in [0.3, 0.4) is 0 Å². The molecule has 0 saturated carbocycles. The van der Waals surface area contributed by atoms with E-state index in [0.717, 1.165) is 0 Å². The van der Waals surface area contributed by atoms with E-state index >= 15 is 0 Å². The smallest absolute Gasteiger partial charge is 0.394 e. The van der Waals surface area contributed by atoms with Gasteiger partial charge in [-0.2, -0.15) is 8.42 Å². The third kappa shape index (κ3) is 76.3. The number of hydrogen-bond acceptors (Lipinski definition) is 4. The van der Waals surface area contributed by atoms with Gasteiger partial charge in [-0.25, -0.2) is 0 Å². The van der Waals surface area contributed by atoms with E-state index < -0.39 is 10.4 Å². The van der Waals surface area contributed by atoms with Crippen LogP contribution in [0.5, 0.6) is 0 Å². The molecular formula is C4H13NO5S. The van der Waals surface area contributed by atoms with Crippen LogP contribution in [0, 0.1) is 0 Å². The molecule has 0 saturated heterocycles. The van der Waals surface area contributed by atoms with Crippen molar-refractivity contribution >= 4 is 10.4 Å². The maximum Gasteiger partial charge on any atom is 0.394 e. The first kappa shape index (κ1) is 13.4. The van der Waals surface area contributed by atoms with Gasteiger partial charge < -0.3 is 10.8 Å². The van der Waals surface area contributed by atoms with Gasteiger partial charge in [-0.05, 0) is 13.3 Å². The lowest BCUT2D eigenvalue weighted by Crippen LogP contribution is -2.15. The fourth-order valence-corrected chi connectivity index (χ4v) is 0.204. The van der Waals surface area contributed by atoms with Crippen LogP contribution >= 0.6 is 0 Å². The third-order valence-corrected chi connectivity index (χ3v) is 0.584. The first-order valence-electron chi connectivity index (χ1n) is 2.83. The molecule has 0 aromatic heterocycles. The number of aliphatic hydroxyl groups is 1. The topological polar surface area (TPSA) is 121 Å². The van der Waals surface area contributed by atoms with Crippen molar-refractivity contribution < 1.29 is 22.6 Å². The molecule has 0 bridgehead atoms. The van der Waals surface area contributed by atoms with Crippen molar-refractivity contribution in [2.24, 2.45) is 5.73 Å². The van der Waals surface area contributed by atoms with Gasteiger partial charge in [-0.15, -0.1) is 0 Å². The van der Waals surface area contributed by atoms with Crippen LogP contribution in [-0.4, -0.2) is 35.3 Å². The van der Waals surface area contributed by atoms with Crippen LogP contribution in [0.15, 0.2) is 0 Å². The number of nitrogens with two attached hydrogens (primary N) is 1. The fraction of sp³-hybridized carbons (Fsp3) is 1.00. The predicted molar refractivity (Wildman–Crippen MR) is 39.5 cm³/mol. The monoisotopic (exact) mass is 187 g/mol. The van der Waals surface area contributed by atoms with Gasteiger partial charge in [-0.1, -0.05) is 0 Å². The van der Waals surface area contributed by atoms with Crippen molar-refractivity contribution in [1.29, 1.82) is 0 Å². The van der Waals surface area contributed by atoms with E-state index in [1.165, 1.54) is 0 Å². The van der Waals surface area contributed by atoms with Crippen molar-refractivity contribution in [3.05, 3.63) is 0 Å². The second kappa shape index (κ2) is 6.50. The highest BCUT2D eigenvalue weighted by Crippen LogP contribution is 1.79. The molecule has 6 nitrogen and oxygen atoms in total. The molecular weight excluding hydrogens is 174 g/mol. The van der Waals surface area contributed by atoms with E-state index in [2.05, 4.69) is 0 Å². The summed E-state index contributed by atoms with van der Waals surface area (Å²) in [7, 11) is -4.67. The second-order valence-electron chi connectivity index (χ2n) is 1.94. The zero-order valence-corrected chi connectivity index (χ0v) is 6.95. The SMILES string of the molecule is CC(N)CCO.O=S(=O)(O)O. The van der Waals surface area contributed by atoms with Crippen LogP contribution in [0.1, 0.15) is 13.3 Å². The van der Waals surface area contributed by atoms with Gasteiger partial charge in [0, 0.05) is 12.6 Å². The lowest BCUT2D eigenvalue weighted by atomic mass is 10.3. The highest BCUT2D eigenvalue weighted by Gasteiger charge is 1.86. The summed E-state index contributed by atoms with van der Waals surface area (Å²) in [6.07, 6.45) is 0.708. The first-order chi connectivity index (χ1) is 4.77. The van der Waals surface area contributed by atoms with Crippen molar-refractivity contribution in [3.8, 4) is 0 Å². The lowest BCUT2D eigenvalue weighted by Gasteiger charge is -1.96. The fourth-order valence-electron chi connectivity index (χ4n) is 0.204. The molecule has 0 radical (unpaired) electrons. The summed E-state index contributed by atoms with van der Waals surface area (Å²) in [5.41, 5.74) is 5.24. The quantitative estimate of drug-likeness (QED) is 0.414. The first-order valence-corrected chi connectivity index (χ1v) is 4.23. The van der Waals surface area contributed by atoms with E-state index in [9.17, 15) is 0 Å². The summed E-state index contributed by atoms with van der Waals surface area (Å²) >= 11 is 0. The van der Waals surface area contributed by atoms with Gasteiger partial charge in [0.25, 0.3) is 0 Å². The molecule has 11 heavy (non-hydrogen) atoms. The maximum absolute atomic E-state index is 8.74. The van der Waals surface area contributed by atoms with E-state index in [4.69, 9.17) is 28.4 Å². The number of rotatable bonds is 2. The zero-order valence-electron chi connectivity index (χ0n) is 6.14. The average molecular weight is 187 g/mol. The van der Waals surface area contributed by atoms with E-state index in [0.29, 0.717) is 6.42 Å². The van der Waals surface area contributed by atoms with Gasteiger partial charge in [0.2, 0.25) is 0 Å². The molecule has 0 aliphatic rings. The van der Waals surface area contributed by atoms with Crippen molar-refractivity contribution in [3.63, 3.8) is 0 Å². The standard InChI is InChI=1S/C4H11NO.H2O4S/c1-4(5)2-3-6;1-5(2,3)4/h4,6H,2-3,5H2,1H3;(H2,1,2,3,4). The maximum atomic E-state index is 8.74. The Morgan fingerprint density at radius 2 is 1.73 bits per heavy atom. The van der Waals surface area contributed by atoms with Crippen LogP contribution in [0.2, 0.25) is 0 Å². The predicted octanol–water partition coefficient (Wildman–Crippen LogP) is -0.937. The Kier molecular flexibility index (Phi) is 7.91. The molecule has 0 fully saturated rings. The van der Waals surface area contributed by atoms with Crippen molar-refractivity contribution in [1.82, 2.24) is 0 Å². The summed E-state index contributed by atoms with van der Waals surface area (Å²) in [5.74, 6) is 0. The molecule has 1 unspecified atom stereocenters. The Balaban J connectivity index is 0. The molecule has 70 valence electrons. The van der Waals surface area contributed by atoms with E-state index in [1.807, 2.05) is 6.92 Å². The summed E-state index contributed by atoms with van der Waals surface area (Å²) in [5, 5.41) is 8.16. The highest BCUT2D eigenvalue weighted by atomic mass is 32.3. The Morgan fingerprint density at radius 3 is 1.73 bits per heavy atom. The van der Waals surface area contributed by atoms with Gasteiger partial charge in [0.1, 0.15) is 0 Å². The zero-order chi connectivity index (χ0) is 9.49. The van der Waals surface area contributed by atoms with Crippen LogP contribution in [0.4, 0.5) is 0 Å². The molecule has 0 heterocycles. The average Bonchev–Trinajstić information content (AvgIpc) is 1.58. The Hall–Kier alpha value is -0.210. The summed E-state index contributed by atoms with van der Waals surface area (Å²) in [6.45, 7) is 2.08. The van der Waals surface area contributed by atoms with Crippen molar-refractivity contribution in [2.75, 3.05) is 6.61 Å². The normalized spacial score (nSPS) is 13.2. The van der Waals surface area contributed by atoms with Gasteiger partial charge in [-0.3, -0.25) is 9.11 Å². The minimum Gasteiger partial charge on any atom is -0.396 e. The Morgan fingerprint density at radius 1 is 1.45 bits per heavy atom. The Bertz CT molecular complexity index is 155. The van der Waals surface area contributed by atoms with E-state index in [-0.39, 0.29) is 12.6 Å².